The third-order valence-electron chi connectivity index (χ3n) is 7.27. The number of hydrogen-bond acceptors (Lipinski definition) is 5. The number of hydrogen-bond donors (Lipinski definition) is 0. The van der Waals surface area contributed by atoms with Crippen LogP contribution in [0, 0.1) is 5.92 Å². The van der Waals surface area contributed by atoms with E-state index in [1.807, 2.05) is 41.4 Å². The van der Waals surface area contributed by atoms with Gasteiger partial charge in [0.1, 0.15) is 12.4 Å². The summed E-state index contributed by atoms with van der Waals surface area (Å²) >= 11 is 0. The number of anilines is 1. The SMILES string of the molecule is O=C(OCc1ccccc1)N1CCN(CCC2CCN(c3cc4c(cn3)CC=C4)CC2)CC1. The first-order valence-corrected chi connectivity index (χ1v) is 12.3. The van der Waals surface area contributed by atoms with Gasteiger partial charge in [0, 0.05) is 45.5 Å². The van der Waals surface area contributed by atoms with Gasteiger partial charge in [-0.1, -0.05) is 42.5 Å². The van der Waals surface area contributed by atoms with E-state index in [4.69, 9.17) is 9.72 Å². The Hall–Kier alpha value is -2.86. The maximum atomic E-state index is 12.4. The van der Waals surface area contributed by atoms with Crippen LogP contribution in [0.4, 0.5) is 10.6 Å². The summed E-state index contributed by atoms with van der Waals surface area (Å²) in [6, 6.07) is 12.1. The first-order chi connectivity index (χ1) is 16.2. The lowest BCUT2D eigenvalue weighted by molar-refractivity contribution is 0.0700. The Morgan fingerprint density at radius 2 is 1.82 bits per heavy atom. The Balaban J connectivity index is 0.994. The number of aromatic nitrogens is 1. The van der Waals surface area contributed by atoms with Crippen LogP contribution in [0.15, 0.2) is 48.7 Å². The number of rotatable bonds is 6. The van der Waals surface area contributed by atoms with Crippen molar-refractivity contribution in [2.24, 2.45) is 5.92 Å². The normalized spacial score (nSPS) is 19.0. The first kappa shape index (κ1) is 22.0. The van der Waals surface area contributed by atoms with Crippen LogP contribution in [0.5, 0.6) is 0 Å². The fourth-order valence-corrected chi connectivity index (χ4v) is 5.08. The molecule has 1 amide bonds. The van der Waals surface area contributed by atoms with E-state index in [0.29, 0.717) is 6.61 Å². The molecule has 0 spiro atoms. The van der Waals surface area contributed by atoms with Crippen molar-refractivity contribution in [1.82, 2.24) is 14.8 Å². The summed E-state index contributed by atoms with van der Waals surface area (Å²) in [5, 5.41) is 0. The third kappa shape index (κ3) is 5.56. The number of amides is 1. The topological polar surface area (TPSA) is 48.9 Å². The van der Waals surface area contributed by atoms with Gasteiger partial charge in [-0.15, -0.1) is 0 Å². The molecule has 1 aromatic heterocycles. The molecule has 3 heterocycles. The highest BCUT2D eigenvalue weighted by molar-refractivity contribution is 5.67. The lowest BCUT2D eigenvalue weighted by Gasteiger charge is -2.36. The van der Waals surface area contributed by atoms with E-state index in [9.17, 15) is 4.79 Å². The van der Waals surface area contributed by atoms with Crippen molar-refractivity contribution in [2.45, 2.75) is 32.3 Å². The highest BCUT2D eigenvalue weighted by Gasteiger charge is 2.25. The van der Waals surface area contributed by atoms with E-state index in [0.717, 1.165) is 69.5 Å². The molecule has 5 rings (SSSR count). The molecule has 2 fully saturated rings. The molecule has 33 heavy (non-hydrogen) atoms. The largest absolute Gasteiger partial charge is 0.445 e. The van der Waals surface area contributed by atoms with Crippen molar-refractivity contribution in [2.75, 3.05) is 50.7 Å². The molecule has 0 radical (unpaired) electrons. The molecule has 0 bridgehead atoms. The molecule has 0 N–H and O–H groups in total. The quantitative estimate of drug-likeness (QED) is 0.665. The van der Waals surface area contributed by atoms with Gasteiger partial charge < -0.3 is 14.5 Å². The molecule has 6 heteroatoms. The number of ether oxygens (including phenoxy) is 1. The number of fused-ring (bicyclic) bond motifs is 1. The molecule has 3 aliphatic rings. The molecule has 174 valence electrons. The third-order valence-corrected chi connectivity index (χ3v) is 7.27. The lowest BCUT2D eigenvalue weighted by Crippen LogP contribution is -2.49. The number of allylic oxidation sites excluding steroid dienone is 1. The summed E-state index contributed by atoms with van der Waals surface area (Å²) in [5.41, 5.74) is 3.71. The maximum absolute atomic E-state index is 12.4. The Morgan fingerprint density at radius 3 is 2.61 bits per heavy atom. The zero-order valence-electron chi connectivity index (χ0n) is 19.4. The van der Waals surface area contributed by atoms with Crippen molar-refractivity contribution in [3.8, 4) is 0 Å². The predicted octanol–water partition coefficient (Wildman–Crippen LogP) is 4.21. The highest BCUT2D eigenvalue weighted by Crippen LogP contribution is 2.27. The van der Waals surface area contributed by atoms with Gasteiger partial charge in [-0.3, -0.25) is 4.90 Å². The molecule has 6 nitrogen and oxygen atoms in total. The molecule has 1 aliphatic carbocycles. The van der Waals surface area contributed by atoms with Gasteiger partial charge in [0.25, 0.3) is 0 Å². The number of nitrogens with zero attached hydrogens (tertiary/aromatic N) is 4. The second-order valence-electron chi connectivity index (χ2n) is 9.44. The van der Waals surface area contributed by atoms with Crippen LogP contribution in [0.2, 0.25) is 0 Å². The van der Waals surface area contributed by atoms with E-state index in [1.54, 1.807) is 0 Å². The standard InChI is InChI=1S/C27H34N4O2/c32-27(33-21-23-5-2-1-3-6-23)31-17-15-29(16-18-31)12-9-22-10-13-30(14-11-22)26-19-24-7-4-8-25(24)20-28-26/h1-7,19-20,22H,8-18,21H2. The Bertz CT molecular complexity index is 961. The minimum atomic E-state index is -0.193. The monoisotopic (exact) mass is 446 g/mol. The summed E-state index contributed by atoms with van der Waals surface area (Å²) < 4.78 is 5.48. The Morgan fingerprint density at radius 1 is 1.03 bits per heavy atom. The number of benzene rings is 1. The summed E-state index contributed by atoms with van der Waals surface area (Å²) in [7, 11) is 0. The smallest absolute Gasteiger partial charge is 0.410 e. The number of carbonyl (C=O) groups is 1. The van der Waals surface area contributed by atoms with Gasteiger partial charge >= 0.3 is 6.09 Å². The molecule has 0 unspecified atom stereocenters. The Kier molecular flexibility index (Phi) is 6.91. The predicted molar refractivity (Wildman–Crippen MR) is 131 cm³/mol. The van der Waals surface area contributed by atoms with Crippen molar-refractivity contribution in [1.29, 1.82) is 0 Å². The molecule has 2 aliphatic heterocycles. The summed E-state index contributed by atoms with van der Waals surface area (Å²) in [6.07, 6.45) is 11.0. The van der Waals surface area contributed by atoms with Crippen LogP contribution >= 0.6 is 0 Å². The van der Waals surface area contributed by atoms with Crippen molar-refractivity contribution in [3.63, 3.8) is 0 Å². The Labute approximate surface area is 196 Å². The second kappa shape index (κ2) is 10.4. The number of piperazine rings is 1. The van der Waals surface area contributed by atoms with Crippen LogP contribution in [0.1, 0.15) is 36.0 Å². The minimum absolute atomic E-state index is 0.193. The van der Waals surface area contributed by atoms with Crippen molar-refractivity contribution >= 4 is 18.0 Å². The molecular formula is C27H34N4O2. The number of pyridine rings is 1. The highest BCUT2D eigenvalue weighted by atomic mass is 16.6. The fraction of sp³-hybridized carbons (Fsp3) is 0.481. The molecule has 2 saturated heterocycles. The van der Waals surface area contributed by atoms with Crippen molar-refractivity contribution in [3.05, 3.63) is 65.4 Å². The number of piperidine rings is 1. The molecule has 1 aromatic carbocycles. The van der Waals surface area contributed by atoms with Gasteiger partial charge in [-0.2, -0.15) is 0 Å². The van der Waals surface area contributed by atoms with E-state index in [1.165, 1.54) is 30.4 Å². The van der Waals surface area contributed by atoms with Gasteiger partial charge in [-0.05, 0) is 60.9 Å². The second-order valence-corrected chi connectivity index (χ2v) is 9.44. The van der Waals surface area contributed by atoms with Crippen LogP contribution in [-0.2, 0) is 17.8 Å². The van der Waals surface area contributed by atoms with Crippen LogP contribution < -0.4 is 4.90 Å². The van der Waals surface area contributed by atoms with E-state index < -0.39 is 0 Å². The van der Waals surface area contributed by atoms with Crippen LogP contribution in [-0.4, -0.2) is 66.7 Å². The average molecular weight is 447 g/mol. The van der Waals surface area contributed by atoms with Gasteiger partial charge in [-0.25, -0.2) is 9.78 Å². The molecule has 0 saturated carbocycles. The average Bonchev–Trinajstić information content (AvgIpc) is 3.35. The van der Waals surface area contributed by atoms with Crippen LogP contribution in [0.3, 0.4) is 0 Å². The van der Waals surface area contributed by atoms with Gasteiger partial charge in [0.15, 0.2) is 0 Å². The maximum Gasteiger partial charge on any atom is 0.410 e. The fourth-order valence-electron chi connectivity index (χ4n) is 5.08. The summed E-state index contributed by atoms with van der Waals surface area (Å²) in [6.45, 7) is 7.05. The van der Waals surface area contributed by atoms with E-state index >= 15 is 0 Å². The van der Waals surface area contributed by atoms with E-state index in [2.05, 4.69) is 28.0 Å². The lowest BCUT2D eigenvalue weighted by atomic mass is 9.93. The van der Waals surface area contributed by atoms with Gasteiger partial charge in [0.05, 0.1) is 0 Å². The number of carbonyl (C=O) groups excluding carboxylic acids is 1. The molecular weight excluding hydrogens is 412 g/mol. The van der Waals surface area contributed by atoms with Crippen LogP contribution in [0.25, 0.3) is 6.08 Å². The first-order valence-electron chi connectivity index (χ1n) is 12.3. The summed E-state index contributed by atoms with van der Waals surface area (Å²) in [4.78, 5) is 23.9. The van der Waals surface area contributed by atoms with E-state index in [-0.39, 0.29) is 6.09 Å². The molecule has 2 aromatic rings. The minimum Gasteiger partial charge on any atom is -0.445 e. The van der Waals surface area contributed by atoms with Gasteiger partial charge in [0.2, 0.25) is 0 Å². The molecule has 0 atom stereocenters. The van der Waals surface area contributed by atoms with Crippen molar-refractivity contribution < 1.29 is 9.53 Å². The zero-order valence-corrected chi connectivity index (χ0v) is 19.4. The summed E-state index contributed by atoms with van der Waals surface area (Å²) in [5.74, 6) is 1.92. The zero-order chi connectivity index (χ0) is 22.5.